The van der Waals surface area contributed by atoms with Crippen LogP contribution in [0.15, 0.2) is 24.3 Å². The Hall–Kier alpha value is -1.80. The fourth-order valence-corrected chi connectivity index (χ4v) is 5.92. The first-order chi connectivity index (χ1) is 12.8. The van der Waals surface area contributed by atoms with Crippen molar-refractivity contribution in [2.45, 2.75) is 32.4 Å². The van der Waals surface area contributed by atoms with Crippen LogP contribution in [0.2, 0.25) is 0 Å². The minimum absolute atomic E-state index is 0.0627. The van der Waals surface area contributed by atoms with Gasteiger partial charge in [0.25, 0.3) is 5.91 Å². The molecule has 0 saturated carbocycles. The van der Waals surface area contributed by atoms with Crippen LogP contribution in [-0.2, 0) is 14.6 Å². The smallest absolute Gasteiger partial charge is 0.280 e. The molecule has 1 aromatic carbocycles. The molecule has 0 bridgehead atoms. The monoisotopic (exact) mass is 396 g/mol. The van der Waals surface area contributed by atoms with Crippen molar-refractivity contribution in [3.8, 4) is 5.75 Å². The van der Waals surface area contributed by atoms with E-state index in [1.807, 2.05) is 26.0 Å². The van der Waals surface area contributed by atoms with Crippen molar-refractivity contribution in [2.75, 3.05) is 49.1 Å². The Bertz CT molecular complexity index is 758. The predicted molar refractivity (Wildman–Crippen MR) is 105 cm³/mol. The number of quaternary nitrogens is 1. The molecule has 2 atom stereocenters. The zero-order valence-electron chi connectivity index (χ0n) is 16.1. The van der Waals surface area contributed by atoms with Gasteiger partial charge in [-0.15, -0.1) is 0 Å². The molecule has 150 valence electrons. The summed E-state index contributed by atoms with van der Waals surface area (Å²) in [6.45, 7) is 7.84. The largest absolute Gasteiger partial charge is 0.508 e. The first-order valence-electron chi connectivity index (χ1n) is 9.70. The molecule has 0 aliphatic carbocycles. The Balaban J connectivity index is 1.58. The fraction of sp³-hybridized carbons (Fsp3) is 0.632. The first-order valence-corrected chi connectivity index (χ1v) is 11.5. The van der Waals surface area contributed by atoms with Gasteiger partial charge in [0, 0.05) is 18.3 Å². The average Bonchev–Trinajstić information content (AvgIpc) is 3.02. The number of rotatable bonds is 5. The molecule has 8 heteroatoms. The maximum absolute atomic E-state index is 13.0. The van der Waals surface area contributed by atoms with E-state index in [9.17, 15) is 18.3 Å². The van der Waals surface area contributed by atoms with Gasteiger partial charge in [-0.3, -0.25) is 4.79 Å². The Labute approximate surface area is 161 Å². The average molecular weight is 397 g/mol. The van der Waals surface area contributed by atoms with Crippen molar-refractivity contribution < 1.29 is 23.2 Å². The van der Waals surface area contributed by atoms with Gasteiger partial charge in [0.05, 0.1) is 37.7 Å². The predicted octanol–water partition coefficient (Wildman–Crippen LogP) is -0.479. The highest BCUT2D eigenvalue weighted by Crippen LogP contribution is 2.19. The van der Waals surface area contributed by atoms with Crippen LogP contribution in [0.3, 0.4) is 0 Å². The second-order valence-corrected chi connectivity index (χ2v) is 9.79. The number of nitrogens with zero attached hydrogens (tertiary/aromatic N) is 2. The highest BCUT2D eigenvalue weighted by atomic mass is 32.2. The number of carbonyl (C=O) groups excluding carboxylic acids is 1. The molecule has 0 radical (unpaired) electrons. The van der Waals surface area contributed by atoms with Crippen LogP contribution in [0.5, 0.6) is 5.75 Å². The van der Waals surface area contributed by atoms with Crippen LogP contribution in [0, 0.1) is 0 Å². The van der Waals surface area contributed by atoms with E-state index >= 15 is 0 Å². The number of likely N-dealkylation sites (N-methyl/N-ethyl adjacent to an activating group) is 1. The van der Waals surface area contributed by atoms with Gasteiger partial charge in [0.1, 0.15) is 5.75 Å². The lowest BCUT2D eigenvalue weighted by atomic mass is 10.1. The van der Waals surface area contributed by atoms with Gasteiger partial charge in [0.2, 0.25) is 0 Å². The number of nitrogens with one attached hydrogen (secondary N) is 1. The number of hydrogen-bond acceptors (Lipinski definition) is 5. The molecule has 3 rings (SSSR count). The Morgan fingerprint density at radius 3 is 2.44 bits per heavy atom. The molecule has 2 aliphatic rings. The fourth-order valence-electron chi connectivity index (χ4n) is 4.19. The second-order valence-electron chi connectivity index (χ2n) is 7.56. The van der Waals surface area contributed by atoms with Crippen molar-refractivity contribution in [3.05, 3.63) is 24.3 Å². The van der Waals surface area contributed by atoms with Gasteiger partial charge in [-0.1, -0.05) is 0 Å². The van der Waals surface area contributed by atoms with Crippen LogP contribution >= 0.6 is 0 Å². The number of aromatic hydroxyl groups is 1. The molecule has 2 aliphatic heterocycles. The number of hydrogen-bond donors (Lipinski definition) is 2. The molecular weight excluding hydrogens is 366 g/mol. The van der Waals surface area contributed by atoms with E-state index in [2.05, 4.69) is 4.90 Å². The van der Waals surface area contributed by atoms with Crippen molar-refractivity contribution in [1.82, 2.24) is 4.90 Å². The van der Waals surface area contributed by atoms with Crippen molar-refractivity contribution in [3.63, 3.8) is 0 Å². The second kappa shape index (κ2) is 8.06. The summed E-state index contributed by atoms with van der Waals surface area (Å²) in [5.41, 5.74) is 1.08. The van der Waals surface area contributed by atoms with Crippen LogP contribution in [0.25, 0.3) is 0 Å². The Morgan fingerprint density at radius 2 is 1.93 bits per heavy atom. The summed E-state index contributed by atoms with van der Waals surface area (Å²) >= 11 is 0. The quantitative estimate of drug-likeness (QED) is 0.703. The SMILES string of the molecule is CCN(C(=O)[C@H](C)[NH+]1CCN(c2ccc(O)cc2)CC1)[C@H]1CCS(=O)(=O)C1. The van der Waals surface area contributed by atoms with Crippen LogP contribution in [-0.4, -0.2) is 80.6 Å². The van der Waals surface area contributed by atoms with E-state index in [0.29, 0.717) is 13.0 Å². The maximum Gasteiger partial charge on any atom is 0.280 e. The third-order valence-electron chi connectivity index (χ3n) is 5.88. The number of sulfone groups is 1. The summed E-state index contributed by atoms with van der Waals surface area (Å²) in [6, 6.07) is 6.86. The zero-order valence-corrected chi connectivity index (χ0v) is 16.9. The normalized spacial score (nSPS) is 23.9. The number of piperazine rings is 1. The summed E-state index contributed by atoms with van der Waals surface area (Å²) in [6.07, 6.45) is 0.554. The molecule has 2 fully saturated rings. The highest BCUT2D eigenvalue weighted by molar-refractivity contribution is 7.91. The minimum Gasteiger partial charge on any atom is -0.508 e. The number of carbonyl (C=O) groups is 1. The van der Waals surface area contributed by atoms with Crippen molar-refractivity contribution in [1.29, 1.82) is 0 Å². The third kappa shape index (κ3) is 4.55. The molecule has 2 heterocycles. The zero-order chi connectivity index (χ0) is 19.6. The molecular formula is C19H30N3O4S+. The lowest BCUT2D eigenvalue weighted by Gasteiger charge is -2.38. The standard InChI is InChI=1S/C19H29N3O4S/c1-3-22(17-8-13-27(25,26)14-17)19(24)15(2)20-9-11-21(12-10-20)16-4-6-18(23)7-5-16/h4-7,15,17,23H,3,8-14H2,1-2H3/p+1/t15-,17-/m0/s1. The molecule has 27 heavy (non-hydrogen) atoms. The summed E-state index contributed by atoms with van der Waals surface area (Å²) < 4.78 is 23.6. The first kappa shape index (κ1) is 19.9. The minimum atomic E-state index is -3.00. The van der Waals surface area contributed by atoms with Gasteiger partial charge in [0.15, 0.2) is 15.9 Å². The number of phenols is 1. The van der Waals surface area contributed by atoms with Crippen LogP contribution < -0.4 is 9.80 Å². The number of amides is 1. The molecule has 0 spiro atoms. The number of benzene rings is 1. The number of anilines is 1. The summed E-state index contributed by atoms with van der Waals surface area (Å²) in [7, 11) is -3.00. The van der Waals surface area contributed by atoms with E-state index in [1.54, 1.807) is 17.0 Å². The van der Waals surface area contributed by atoms with E-state index in [0.717, 1.165) is 31.9 Å². The molecule has 1 aromatic rings. The van der Waals surface area contributed by atoms with Gasteiger partial charge < -0.3 is 19.8 Å². The third-order valence-corrected chi connectivity index (χ3v) is 7.63. The van der Waals surface area contributed by atoms with Crippen molar-refractivity contribution in [2.24, 2.45) is 0 Å². The molecule has 0 aromatic heterocycles. The highest BCUT2D eigenvalue weighted by Gasteiger charge is 2.38. The van der Waals surface area contributed by atoms with Crippen molar-refractivity contribution >= 4 is 21.4 Å². The molecule has 7 nitrogen and oxygen atoms in total. The molecule has 2 N–H and O–H groups in total. The Morgan fingerprint density at radius 1 is 1.30 bits per heavy atom. The van der Waals surface area contributed by atoms with E-state index in [1.165, 1.54) is 4.90 Å². The van der Waals surface area contributed by atoms with Crippen LogP contribution in [0.1, 0.15) is 20.3 Å². The van der Waals surface area contributed by atoms with E-state index in [4.69, 9.17) is 0 Å². The lowest BCUT2D eigenvalue weighted by molar-refractivity contribution is -0.915. The van der Waals surface area contributed by atoms with E-state index < -0.39 is 9.84 Å². The summed E-state index contributed by atoms with van der Waals surface area (Å²) in [5.74, 6) is 0.612. The summed E-state index contributed by atoms with van der Waals surface area (Å²) in [5, 5.41) is 9.43. The van der Waals surface area contributed by atoms with Gasteiger partial charge in [-0.05, 0) is 44.5 Å². The van der Waals surface area contributed by atoms with Gasteiger partial charge >= 0.3 is 0 Å². The summed E-state index contributed by atoms with van der Waals surface area (Å²) in [4.78, 5) is 18.3. The lowest BCUT2D eigenvalue weighted by Crippen LogP contribution is -3.19. The molecule has 1 amide bonds. The molecule has 2 saturated heterocycles. The maximum atomic E-state index is 13.0. The van der Waals surface area contributed by atoms with Crippen LogP contribution in [0.4, 0.5) is 5.69 Å². The van der Waals surface area contributed by atoms with E-state index in [-0.39, 0.29) is 35.2 Å². The molecule has 0 unspecified atom stereocenters. The Kier molecular flexibility index (Phi) is 5.95. The topological polar surface area (TPSA) is 82.4 Å². The van der Waals surface area contributed by atoms with Gasteiger partial charge in [-0.2, -0.15) is 0 Å². The number of phenolic OH excluding ortho intramolecular Hbond substituents is 1. The van der Waals surface area contributed by atoms with Gasteiger partial charge in [-0.25, -0.2) is 8.42 Å².